The van der Waals surface area contributed by atoms with E-state index < -0.39 is 17.2 Å². The number of nitrogens with one attached hydrogen (secondary N) is 1. The SMILES string of the molecule is Nc1c(N(Cc2ccccc2)C(=O)c2ccc(Cl)cc2)c(=O)[nH]c(=O)n1Cc1ccccc1. The van der Waals surface area contributed by atoms with Crippen LogP contribution in [0.4, 0.5) is 11.5 Å². The average molecular weight is 461 g/mol. The molecule has 1 aromatic heterocycles. The molecule has 3 N–H and O–H groups in total. The molecule has 3 aromatic carbocycles. The molecule has 0 aliphatic rings. The molecule has 0 unspecified atom stereocenters. The number of hydrogen-bond donors (Lipinski definition) is 2. The van der Waals surface area contributed by atoms with E-state index in [0.717, 1.165) is 11.1 Å². The number of halogens is 1. The monoisotopic (exact) mass is 460 g/mol. The van der Waals surface area contributed by atoms with E-state index in [-0.39, 0.29) is 24.6 Å². The van der Waals surface area contributed by atoms with Gasteiger partial charge in [-0.05, 0) is 35.4 Å². The number of aromatic amines is 1. The Morgan fingerprint density at radius 3 is 2.06 bits per heavy atom. The standard InChI is InChI=1S/C25H21ClN4O3/c26-20-13-11-19(12-14-20)24(32)29(15-17-7-3-1-4-8-17)21-22(27)30(25(33)28-23(21)31)16-18-9-5-2-6-10-18/h1-14H,15-16,27H2,(H,28,31,33). The Labute approximate surface area is 194 Å². The van der Waals surface area contributed by atoms with Gasteiger partial charge in [0, 0.05) is 10.6 Å². The van der Waals surface area contributed by atoms with E-state index in [1.54, 1.807) is 24.3 Å². The van der Waals surface area contributed by atoms with Gasteiger partial charge in [-0.15, -0.1) is 0 Å². The first-order chi connectivity index (χ1) is 15.9. The number of anilines is 2. The maximum absolute atomic E-state index is 13.5. The molecule has 0 atom stereocenters. The third-order valence-corrected chi connectivity index (χ3v) is 5.44. The van der Waals surface area contributed by atoms with Crippen LogP contribution in [-0.2, 0) is 13.1 Å². The summed E-state index contributed by atoms with van der Waals surface area (Å²) in [5, 5.41) is 0.481. The summed E-state index contributed by atoms with van der Waals surface area (Å²) in [6, 6.07) is 24.8. The van der Waals surface area contributed by atoms with Gasteiger partial charge in [-0.3, -0.25) is 24.0 Å². The van der Waals surface area contributed by atoms with Crippen molar-refractivity contribution in [3.63, 3.8) is 0 Å². The van der Waals surface area contributed by atoms with Gasteiger partial charge in [-0.25, -0.2) is 4.79 Å². The maximum Gasteiger partial charge on any atom is 0.330 e. The summed E-state index contributed by atoms with van der Waals surface area (Å²) in [5.41, 5.74) is 6.82. The number of nitrogen functional groups attached to an aromatic ring is 1. The van der Waals surface area contributed by atoms with Crippen LogP contribution in [0.2, 0.25) is 5.02 Å². The van der Waals surface area contributed by atoms with Crippen LogP contribution in [-0.4, -0.2) is 15.5 Å². The highest BCUT2D eigenvalue weighted by Gasteiger charge is 2.25. The topological polar surface area (TPSA) is 101 Å². The second-order valence-corrected chi connectivity index (χ2v) is 7.89. The van der Waals surface area contributed by atoms with E-state index in [1.165, 1.54) is 9.47 Å². The summed E-state index contributed by atoms with van der Waals surface area (Å²) in [5.74, 6) is -0.538. The van der Waals surface area contributed by atoms with Gasteiger partial charge in [0.1, 0.15) is 5.82 Å². The van der Waals surface area contributed by atoms with Gasteiger partial charge in [0.05, 0.1) is 13.1 Å². The van der Waals surface area contributed by atoms with Crippen LogP contribution in [0, 0.1) is 0 Å². The number of carbonyl (C=O) groups is 1. The zero-order valence-corrected chi connectivity index (χ0v) is 18.3. The number of amides is 1. The van der Waals surface area contributed by atoms with Gasteiger partial charge < -0.3 is 5.73 Å². The van der Waals surface area contributed by atoms with E-state index in [0.29, 0.717) is 10.6 Å². The molecule has 1 amide bonds. The Bertz CT molecular complexity index is 1380. The molecule has 1 heterocycles. The van der Waals surface area contributed by atoms with Crippen molar-refractivity contribution >= 4 is 29.0 Å². The van der Waals surface area contributed by atoms with Crippen molar-refractivity contribution in [3.8, 4) is 0 Å². The largest absolute Gasteiger partial charge is 0.383 e. The number of aromatic nitrogens is 2. The molecule has 0 fully saturated rings. The van der Waals surface area contributed by atoms with E-state index in [4.69, 9.17) is 17.3 Å². The molecule has 0 radical (unpaired) electrons. The molecule has 7 nitrogen and oxygen atoms in total. The maximum atomic E-state index is 13.5. The van der Waals surface area contributed by atoms with E-state index in [9.17, 15) is 14.4 Å². The zero-order valence-electron chi connectivity index (χ0n) is 17.6. The Hall–Kier alpha value is -4.10. The lowest BCUT2D eigenvalue weighted by atomic mass is 10.1. The zero-order chi connectivity index (χ0) is 23.4. The fourth-order valence-corrected chi connectivity index (χ4v) is 3.65. The molecule has 4 aromatic rings. The molecular formula is C25H21ClN4O3. The first kappa shape index (κ1) is 22.1. The Kier molecular flexibility index (Phi) is 6.42. The minimum absolute atomic E-state index is 0.0825. The fourth-order valence-electron chi connectivity index (χ4n) is 3.53. The molecule has 0 aliphatic carbocycles. The fraction of sp³-hybridized carbons (Fsp3) is 0.0800. The molecule has 33 heavy (non-hydrogen) atoms. The van der Waals surface area contributed by atoms with Crippen LogP contribution in [0.25, 0.3) is 0 Å². The van der Waals surface area contributed by atoms with Crippen molar-refractivity contribution in [1.29, 1.82) is 0 Å². The van der Waals surface area contributed by atoms with Crippen LogP contribution in [0.3, 0.4) is 0 Å². The molecule has 4 rings (SSSR count). The molecule has 166 valence electrons. The van der Waals surface area contributed by atoms with Gasteiger partial charge in [-0.1, -0.05) is 72.3 Å². The number of nitrogens with zero attached hydrogens (tertiary/aromatic N) is 2. The third kappa shape index (κ3) is 4.88. The molecule has 8 heteroatoms. The molecule has 0 saturated carbocycles. The molecule has 0 spiro atoms. The summed E-state index contributed by atoms with van der Waals surface area (Å²) >= 11 is 5.97. The summed E-state index contributed by atoms with van der Waals surface area (Å²) in [4.78, 5) is 42.6. The highest BCUT2D eigenvalue weighted by Crippen LogP contribution is 2.23. The van der Waals surface area contributed by atoms with Crippen LogP contribution < -0.4 is 21.9 Å². The number of hydrogen-bond acceptors (Lipinski definition) is 4. The van der Waals surface area contributed by atoms with E-state index >= 15 is 0 Å². The van der Waals surface area contributed by atoms with Gasteiger partial charge >= 0.3 is 5.69 Å². The summed E-state index contributed by atoms with van der Waals surface area (Å²) in [6.45, 7) is 0.225. The third-order valence-electron chi connectivity index (χ3n) is 5.19. The molecule has 0 saturated heterocycles. The van der Waals surface area contributed by atoms with Gasteiger partial charge in [0.25, 0.3) is 11.5 Å². The van der Waals surface area contributed by atoms with Crippen LogP contribution >= 0.6 is 11.6 Å². The summed E-state index contributed by atoms with van der Waals surface area (Å²) < 4.78 is 1.25. The van der Waals surface area contributed by atoms with Crippen molar-refractivity contribution in [1.82, 2.24) is 9.55 Å². The molecular weight excluding hydrogens is 440 g/mol. The van der Waals surface area contributed by atoms with Crippen molar-refractivity contribution < 1.29 is 4.79 Å². The molecule has 0 aliphatic heterocycles. The second-order valence-electron chi connectivity index (χ2n) is 7.45. The number of nitrogens with two attached hydrogens (primary N) is 1. The Morgan fingerprint density at radius 2 is 1.45 bits per heavy atom. The van der Waals surface area contributed by atoms with Gasteiger partial charge in [0.2, 0.25) is 0 Å². The second kappa shape index (κ2) is 9.58. The summed E-state index contributed by atoms with van der Waals surface area (Å²) in [7, 11) is 0. The van der Waals surface area contributed by atoms with Gasteiger partial charge in [-0.2, -0.15) is 0 Å². The number of carbonyl (C=O) groups excluding carboxylic acids is 1. The quantitative estimate of drug-likeness (QED) is 0.458. The number of rotatable bonds is 6. The van der Waals surface area contributed by atoms with Crippen LogP contribution in [0.1, 0.15) is 21.5 Å². The predicted molar refractivity (Wildman–Crippen MR) is 130 cm³/mol. The lowest BCUT2D eigenvalue weighted by Gasteiger charge is -2.25. The smallest absolute Gasteiger partial charge is 0.330 e. The van der Waals surface area contributed by atoms with Crippen molar-refractivity contribution in [2.75, 3.05) is 10.6 Å². The van der Waals surface area contributed by atoms with Crippen LogP contribution in [0.5, 0.6) is 0 Å². The number of benzene rings is 3. The Balaban J connectivity index is 1.84. The Morgan fingerprint density at radius 1 is 0.879 bits per heavy atom. The number of H-pyrrole nitrogens is 1. The predicted octanol–water partition coefficient (Wildman–Crippen LogP) is 3.67. The average Bonchev–Trinajstić information content (AvgIpc) is 2.82. The highest BCUT2D eigenvalue weighted by atomic mass is 35.5. The minimum atomic E-state index is -0.736. The van der Waals surface area contributed by atoms with E-state index in [1.807, 2.05) is 60.7 Å². The minimum Gasteiger partial charge on any atom is -0.383 e. The first-order valence-corrected chi connectivity index (χ1v) is 10.6. The highest BCUT2D eigenvalue weighted by molar-refractivity contribution is 6.30. The lowest BCUT2D eigenvalue weighted by Crippen LogP contribution is -2.41. The normalized spacial score (nSPS) is 10.7. The van der Waals surface area contributed by atoms with Crippen molar-refractivity contribution in [2.24, 2.45) is 0 Å². The van der Waals surface area contributed by atoms with Gasteiger partial charge in [0.15, 0.2) is 5.69 Å². The van der Waals surface area contributed by atoms with E-state index in [2.05, 4.69) is 4.98 Å². The van der Waals surface area contributed by atoms with Crippen molar-refractivity contribution in [2.45, 2.75) is 13.1 Å². The van der Waals surface area contributed by atoms with Crippen LogP contribution in [0.15, 0.2) is 94.5 Å². The van der Waals surface area contributed by atoms with Crippen molar-refractivity contribution in [3.05, 3.63) is 127 Å². The molecule has 0 bridgehead atoms. The summed E-state index contributed by atoms with van der Waals surface area (Å²) in [6.07, 6.45) is 0. The lowest BCUT2D eigenvalue weighted by molar-refractivity contribution is 0.0984. The first-order valence-electron chi connectivity index (χ1n) is 10.2.